The topological polar surface area (TPSA) is 87.3 Å². The Morgan fingerprint density at radius 1 is 0.900 bits per heavy atom. The number of sulfonamides is 1. The van der Waals surface area contributed by atoms with Crippen molar-refractivity contribution in [2.45, 2.75) is 4.90 Å². The van der Waals surface area contributed by atoms with Crippen LogP contribution in [0.1, 0.15) is 10.4 Å². The van der Waals surface area contributed by atoms with Crippen LogP contribution in [0.25, 0.3) is 0 Å². The van der Waals surface area contributed by atoms with E-state index in [-0.39, 0.29) is 21.3 Å². The lowest BCUT2D eigenvalue weighted by Gasteiger charge is -2.14. The van der Waals surface area contributed by atoms with Gasteiger partial charge in [0.25, 0.3) is 15.9 Å². The van der Waals surface area contributed by atoms with Gasteiger partial charge in [-0.2, -0.15) is 0 Å². The lowest BCUT2D eigenvalue weighted by atomic mass is 10.2. The Hall–Kier alpha value is -2.52. The van der Waals surface area contributed by atoms with Gasteiger partial charge < -0.3 is 0 Å². The van der Waals surface area contributed by atoms with Crippen molar-refractivity contribution in [3.8, 4) is 0 Å². The van der Waals surface area contributed by atoms with E-state index in [9.17, 15) is 17.6 Å². The Labute approximate surface area is 187 Å². The van der Waals surface area contributed by atoms with E-state index in [1.54, 1.807) is 24.3 Å². The molecule has 0 radical (unpaired) electrons. The molecule has 1 amide bonds. The van der Waals surface area contributed by atoms with Crippen molar-refractivity contribution >= 4 is 62.1 Å². The first-order valence-corrected chi connectivity index (χ1v) is 10.9. The number of carbonyl (C=O) groups excluding carboxylic acids is 1. The lowest BCUT2D eigenvalue weighted by Crippen LogP contribution is -2.30. The van der Waals surface area contributed by atoms with Gasteiger partial charge in [0.15, 0.2) is 0 Å². The van der Waals surface area contributed by atoms with Crippen molar-refractivity contribution in [2.24, 2.45) is 0 Å². The summed E-state index contributed by atoms with van der Waals surface area (Å²) in [7, 11) is -4.31. The molecule has 0 aliphatic carbocycles. The molecule has 0 fully saturated rings. The van der Waals surface area contributed by atoms with Gasteiger partial charge in [0.2, 0.25) is 0 Å². The second-order valence-corrected chi connectivity index (χ2v) is 8.84. The molecule has 30 heavy (non-hydrogen) atoms. The average molecular weight is 489 g/mol. The highest BCUT2D eigenvalue weighted by Crippen LogP contribution is 2.30. The number of rotatable bonds is 6. The van der Waals surface area contributed by atoms with Crippen molar-refractivity contribution < 1.29 is 17.6 Å². The molecule has 11 heteroatoms. The molecule has 0 spiro atoms. The molecule has 0 heterocycles. The molecule has 0 aliphatic heterocycles. The minimum Gasteiger partial charge on any atom is -0.298 e. The molecule has 0 aromatic heterocycles. The third kappa shape index (κ3) is 5.14. The number of hydrazine groups is 1. The molecular formula is C19H13Cl3FN3O3S. The smallest absolute Gasteiger partial charge is 0.271 e. The van der Waals surface area contributed by atoms with Gasteiger partial charge >= 0.3 is 0 Å². The van der Waals surface area contributed by atoms with Crippen molar-refractivity contribution in [3.63, 3.8) is 0 Å². The van der Waals surface area contributed by atoms with Crippen LogP contribution in [-0.4, -0.2) is 14.3 Å². The molecule has 3 N–H and O–H groups in total. The largest absolute Gasteiger partial charge is 0.298 e. The molecule has 3 aromatic carbocycles. The Morgan fingerprint density at radius 2 is 1.63 bits per heavy atom. The summed E-state index contributed by atoms with van der Waals surface area (Å²) >= 11 is 18.0. The zero-order chi connectivity index (χ0) is 21.9. The van der Waals surface area contributed by atoms with E-state index in [1.807, 2.05) is 0 Å². The zero-order valence-electron chi connectivity index (χ0n) is 14.9. The van der Waals surface area contributed by atoms with Gasteiger partial charge in [-0.15, -0.1) is 0 Å². The van der Waals surface area contributed by atoms with Crippen molar-refractivity contribution in [1.29, 1.82) is 0 Å². The summed E-state index contributed by atoms with van der Waals surface area (Å²) in [5.74, 6) is -1.49. The van der Waals surface area contributed by atoms with E-state index in [2.05, 4.69) is 15.6 Å². The molecule has 0 unspecified atom stereocenters. The summed E-state index contributed by atoms with van der Waals surface area (Å²) in [4.78, 5) is 12.1. The van der Waals surface area contributed by atoms with Gasteiger partial charge in [0, 0.05) is 5.02 Å². The minimum absolute atomic E-state index is 0.0739. The van der Waals surface area contributed by atoms with E-state index < -0.39 is 26.6 Å². The number of carbonyl (C=O) groups is 1. The Morgan fingerprint density at radius 3 is 2.33 bits per heavy atom. The molecule has 6 nitrogen and oxygen atoms in total. The van der Waals surface area contributed by atoms with Crippen LogP contribution in [0, 0.1) is 5.82 Å². The number of amides is 1. The third-order valence-electron chi connectivity index (χ3n) is 3.82. The molecule has 3 rings (SSSR count). The van der Waals surface area contributed by atoms with E-state index in [4.69, 9.17) is 34.8 Å². The van der Waals surface area contributed by atoms with E-state index in [1.165, 1.54) is 18.2 Å². The maximum absolute atomic E-state index is 13.8. The van der Waals surface area contributed by atoms with Crippen LogP contribution in [0.4, 0.5) is 15.8 Å². The predicted octanol–water partition coefficient (Wildman–Crippen LogP) is 5.34. The normalized spacial score (nSPS) is 11.1. The molecule has 0 saturated carbocycles. The summed E-state index contributed by atoms with van der Waals surface area (Å²) in [6.07, 6.45) is 0. The quantitative estimate of drug-likeness (QED) is 0.409. The van der Waals surface area contributed by atoms with Gasteiger partial charge in [-0.05, 0) is 42.5 Å². The number of hydrogen-bond donors (Lipinski definition) is 3. The average Bonchev–Trinajstić information content (AvgIpc) is 2.67. The number of hydrogen-bond acceptors (Lipinski definition) is 4. The van der Waals surface area contributed by atoms with Crippen molar-refractivity contribution in [1.82, 2.24) is 5.43 Å². The molecule has 0 bridgehead atoms. The number of anilines is 2. The van der Waals surface area contributed by atoms with E-state index >= 15 is 0 Å². The van der Waals surface area contributed by atoms with Crippen LogP contribution in [0.5, 0.6) is 0 Å². The second-order valence-electron chi connectivity index (χ2n) is 5.94. The number of nitrogens with one attached hydrogen (secondary N) is 3. The second kappa shape index (κ2) is 9.09. The highest BCUT2D eigenvalue weighted by molar-refractivity contribution is 7.92. The fourth-order valence-corrected chi connectivity index (χ4v) is 4.53. The van der Waals surface area contributed by atoms with Crippen LogP contribution in [0.2, 0.25) is 15.1 Å². The van der Waals surface area contributed by atoms with Crippen LogP contribution in [0.3, 0.4) is 0 Å². The number of benzene rings is 3. The van der Waals surface area contributed by atoms with Crippen LogP contribution >= 0.6 is 34.8 Å². The van der Waals surface area contributed by atoms with Crippen molar-refractivity contribution in [2.75, 3.05) is 10.1 Å². The van der Waals surface area contributed by atoms with Crippen LogP contribution in [-0.2, 0) is 10.0 Å². The van der Waals surface area contributed by atoms with E-state index in [0.717, 1.165) is 18.2 Å². The summed E-state index contributed by atoms with van der Waals surface area (Å²) in [6.45, 7) is 0. The van der Waals surface area contributed by atoms with E-state index in [0.29, 0.717) is 10.7 Å². The maximum Gasteiger partial charge on any atom is 0.271 e. The first-order chi connectivity index (χ1) is 14.2. The highest BCUT2D eigenvalue weighted by atomic mass is 35.5. The summed E-state index contributed by atoms with van der Waals surface area (Å²) in [5, 5.41) is 0.143. The molecule has 156 valence electrons. The van der Waals surface area contributed by atoms with Gasteiger partial charge in [-0.1, -0.05) is 53.0 Å². The fourth-order valence-electron chi connectivity index (χ4n) is 2.42. The Bertz CT molecular complexity index is 1220. The third-order valence-corrected chi connectivity index (χ3v) is 6.20. The van der Waals surface area contributed by atoms with Gasteiger partial charge in [-0.3, -0.25) is 20.4 Å². The number of halogens is 4. The number of para-hydroxylation sites is 1. The first-order valence-electron chi connectivity index (χ1n) is 8.26. The summed E-state index contributed by atoms with van der Waals surface area (Å²) < 4.78 is 41.4. The first kappa shape index (κ1) is 22.2. The lowest BCUT2D eigenvalue weighted by molar-refractivity contribution is 0.0962. The highest BCUT2D eigenvalue weighted by Gasteiger charge is 2.23. The summed E-state index contributed by atoms with van der Waals surface area (Å²) in [5.41, 5.74) is 5.10. The Balaban J connectivity index is 1.87. The molecular weight excluding hydrogens is 476 g/mol. The monoisotopic (exact) mass is 487 g/mol. The van der Waals surface area contributed by atoms with Gasteiger partial charge in [0.1, 0.15) is 10.7 Å². The van der Waals surface area contributed by atoms with Gasteiger partial charge in [0.05, 0.1) is 27.0 Å². The SMILES string of the molecule is O=C(NNc1cccc(Cl)c1)c1cc(S(=O)(=O)Nc2ccccc2F)c(Cl)cc1Cl. The molecule has 0 aliphatic rings. The van der Waals surface area contributed by atoms with Crippen LogP contribution < -0.4 is 15.6 Å². The zero-order valence-corrected chi connectivity index (χ0v) is 18.0. The minimum atomic E-state index is -4.31. The molecule has 0 saturated heterocycles. The standard InChI is InChI=1S/C19H13Cl3FN3O3S/c20-11-4-3-5-12(8-11)24-25-19(27)13-9-18(15(22)10-14(13)21)30(28,29)26-17-7-2-1-6-16(17)23/h1-10,24,26H,(H,25,27). The molecule has 0 atom stereocenters. The maximum atomic E-state index is 13.8. The van der Waals surface area contributed by atoms with Crippen LogP contribution in [0.15, 0.2) is 65.6 Å². The summed E-state index contributed by atoms with van der Waals surface area (Å²) in [6, 6.07) is 13.9. The predicted molar refractivity (Wildman–Crippen MR) is 116 cm³/mol. The molecule has 3 aromatic rings. The van der Waals surface area contributed by atoms with Crippen molar-refractivity contribution in [3.05, 3.63) is 87.1 Å². The van der Waals surface area contributed by atoms with Gasteiger partial charge in [-0.25, -0.2) is 12.8 Å². The fraction of sp³-hybridized carbons (Fsp3) is 0. The Kier molecular flexibility index (Phi) is 6.72.